The first kappa shape index (κ1) is 26.5. The van der Waals surface area contributed by atoms with E-state index in [0.29, 0.717) is 18.7 Å². The molecule has 3 amide bonds. The van der Waals surface area contributed by atoms with Crippen LogP contribution in [0.5, 0.6) is 0 Å². The molecule has 0 aliphatic carbocycles. The Balaban J connectivity index is 2.02. The number of amides is 3. The third kappa shape index (κ3) is 8.61. The van der Waals surface area contributed by atoms with Crippen LogP contribution in [0.3, 0.4) is 0 Å². The second kappa shape index (κ2) is 14.4. The summed E-state index contributed by atoms with van der Waals surface area (Å²) in [7, 11) is 1.54. The number of ether oxygens (including phenoxy) is 1. The third-order valence-corrected chi connectivity index (χ3v) is 6.31. The lowest BCUT2D eigenvalue weighted by Gasteiger charge is -2.27. The minimum Gasteiger partial charge on any atom is -0.499 e. The minimum atomic E-state index is -0.363. The molecule has 0 spiro atoms. The van der Waals surface area contributed by atoms with Crippen LogP contribution < -0.4 is 5.32 Å². The van der Waals surface area contributed by atoms with Gasteiger partial charge in [0.05, 0.1) is 13.2 Å². The second-order valence-electron chi connectivity index (χ2n) is 9.00. The topological polar surface area (TPSA) is 75.7 Å². The fourth-order valence-electron chi connectivity index (χ4n) is 4.18. The lowest BCUT2D eigenvalue weighted by Crippen LogP contribution is -2.43. The Hall–Kier alpha value is -2.73. The summed E-state index contributed by atoms with van der Waals surface area (Å²) in [5.74, 6) is 11.9. The van der Waals surface area contributed by atoms with E-state index in [4.69, 9.17) is 4.74 Å². The van der Waals surface area contributed by atoms with Gasteiger partial charge >= 0.3 is 0 Å². The smallest absolute Gasteiger partial charge is 0.257 e. The molecule has 0 saturated heterocycles. The largest absolute Gasteiger partial charge is 0.499 e. The first-order chi connectivity index (χ1) is 16.0. The van der Waals surface area contributed by atoms with Gasteiger partial charge in [0, 0.05) is 37.3 Å². The van der Waals surface area contributed by atoms with E-state index in [9.17, 15) is 14.4 Å². The van der Waals surface area contributed by atoms with E-state index in [1.807, 2.05) is 13.8 Å². The molecule has 0 aromatic carbocycles. The molecule has 0 bridgehead atoms. The number of nitrogens with one attached hydrogen (secondary N) is 1. The summed E-state index contributed by atoms with van der Waals surface area (Å²) in [6, 6.07) is -0.363. The normalized spacial score (nSPS) is 26.6. The number of hydrogen-bond acceptors (Lipinski definition) is 4. The third-order valence-electron chi connectivity index (χ3n) is 6.31. The average Bonchev–Trinajstić information content (AvgIpc) is 3.12. The molecule has 33 heavy (non-hydrogen) atoms. The number of methoxy groups -OCH3 is 1. The van der Waals surface area contributed by atoms with E-state index in [1.54, 1.807) is 0 Å². The summed E-state index contributed by atoms with van der Waals surface area (Å²) in [4.78, 5) is 39.3. The summed E-state index contributed by atoms with van der Waals surface area (Å²) >= 11 is 0. The molecule has 0 unspecified atom stereocenters. The quantitative estimate of drug-likeness (QED) is 0.481. The predicted octanol–water partition coefficient (Wildman–Crippen LogP) is 3.95. The van der Waals surface area contributed by atoms with Crippen LogP contribution in [-0.4, -0.2) is 42.3 Å². The monoisotopic (exact) mass is 454 g/mol. The lowest BCUT2D eigenvalue weighted by atomic mass is 10.00. The molecular formula is C27H38N2O4. The Kier molecular flexibility index (Phi) is 11.6. The number of rotatable bonds is 1. The maximum Gasteiger partial charge on any atom is 0.257 e. The van der Waals surface area contributed by atoms with E-state index in [1.165, 1.54) is 18.1 Å². The van der Waals surface area contributed by atoms with Crippen LogP contribution >= 0.6 is 0 Å². The Morgan fingerprint density at radius 1 is 0.879 bits per heavy atom. The highest BCUT2D eigenvalue weighted by atomic mass is 16.5. The predicted molar refractivity (Wildman–Crippen MR) is 128 cm³/mol. The highest BCUT2D eigenvalue weighted by Crippen LogP contribution is 2.27. The van der Waals surface area contributed by atoms with Gasteiger partial charge in [-0.2, -0.15) is 0 Å². The molecule has 2 rings (SSSR count). The van der Waals surface area contributed by atoms with Gasteiger partial charge in [-0.25, -0.2) is 0 Å². The maximum atomic E-state index is 13.1. The van der Waals surface area contributed by atoms with E-state index in [-0.39, 0.29) is 35.6 Å². The van der Waals surface area contributed by atoms with Crippen LogP contribution in [0.1, 0.15) is 84.5 Å². The van der Waals surface area contributed by atoms with Crippen LogP contribution in [0.15, 0.2) is 11.8 Å². The van der Waals surface area contributed by atoms with Crippen LogP contribution in [0.25, 0.3) is 0 Å². The summed E-state index contributed by atoms with van der Waals surface area (Å²) in [5, 5.41) is 3.01. The Morgan fingerprint density at radius 2 is 1.48 bits per heavy atom. The zero-order valence-electron chi connectivity index (χ0n) is 20.4. The Labute approximate surface area is 198 Å². The standard InChI is InChI=1S/C27H38N2O4/c1-21-16-12-10-8-6-4-5-7-9-11-13-17-22(2)27(32)29-23(24(33-3)20-25(29)30)18-14-15-19-28-26(21)31/h20-23H,8-19H2,1-3H3,(H,28,31)/t21-,22-,23+/m1/s1. The molecule has 1 N–H and O–H groups in total. The fraction of sp³-hybridized carbons (Fsp3) is 0.667. The van der Waals surface area contributed by atoms with Gasteiger partial charge in [-0.1, -0.05) is 38.5 Å². The summed E-state index contributed by atoms with van der Waals surface area (Å²) in [6.45, 7) is 4.43. The number of imide groups is 1. The van der Waals surface area contributed by atoms with Crippen molar-refractivity contribution in [2.75, 3.05) is 13.7 Å². The van der Waals surface area contributed by atoms with Crippen molar-refractivity contribution in [3.05, 3.63) is 11.8 Å². The van der Waals surface area contributed by atoms with E-state index in [2.05, 4.69) is 29.0 Å². The van der Waals surface area contributed by atoms with E-state index < -0.39 is 0 Å². The van der Waals surface area contributed by atoms with Crippen molar-refractivity contribution in [1.29, 1.82) is 0 Å². The van der Waals surface area contributed by atoms with Gasteiger partial charge < -0.3 is 10.1 Å². The van der Waals surface area contributed by atoms with E-state index >= 15 is 0 Å². The van der Waals surface area contributed by atoms with Crippen molar-refractivity contribution in [3.63, 3.8) is 0 Å². The number of nitrogens with zero attached hydrogens (tertiary/aromatic N) is 1. The average molecular weight is 455 g/mol. The zero-order chi connectivity index (χ0) is 24.1. The molecule has 6 heteroatoms. The number of carbonyl (C=O) groups excluding carboxylic acids is 3. The molecule has 2 aliphatic heterocycles. The zero-order valence-corrected chi connectivity index (χ0v) is 20.4. The Bertz CT molecular complexity index is 840. The number of fused-ring (bicyclic) bond motifs is 1. The molecule has 0 aromatic rings. The summed E-state index contributed by atoms with van der Waals surface area (Å²) in [6.07, 6.45) is 10.5. The lowest BCUT2D eigenvalue weighted by molar-refractivity contribution is -0.146. The fourth-order valence-corrected chi connectivity index (χ4v) is 4.18. The van der Waals surface area contributed by atoms with Gasteiger partial charge in [0.15, 0.2) is 0 Å². The highest BCUT2D eigenvalue weighted by molar-refractivity contribution is 6.04. The maximum absolute atomic E-state index is 13.1. The number of carbonyl (C=O) groups is 3. The van der Waals surface area contributed by atoms with Crippen molar-refractivity contribution >= 4 is 17.7 Å². The molecule has 2 aliphatic rings. The molecule has 2 heterocycles. The minimum absolute atomic E-state index is 0.0237. The molecule has 3 atom stereocenters. The summed E-state index contributed by atoms with van der Waals surface area (Å²) in [5.41, 5.74) is 0. The first-order valence-electron chi connectivity index (χ1n) is 12.3. The van der Waals surface area contributed by atoms with Gasteiger partial charge in [-0.15, -0.1) is 0 Å². The highest BCUT2D eigenvalue weighted by Gasteiger charge is 2.39. The number of hydrogen-bond donors (Lipinski definition) is 1. The molecule has 0 saturated carbocycles. The van der Waals surface area contributed by atoms with Gasteiger partial charge in [0.25, 0.3) is 5.91 Å². The SMILES string of the molecule is COC1=CC(=O)N2C(=O)[C@H](C)CCCCC#CC#CCCCC[C@@H](C)C(=O)NCCCC[C@@H]12. The molecule has 0 radical (unpaired) electrons. The van der Waals surface area contributed by atoms with Crippen molar-refractivity contribution in [3.8, 4) is 23.7 Å². The van der Waals surface area contributed by atoms with E-state index in [0.717, 1.165) is 64.2 Å². The van der Waals surface area contributed by atoms with Gasteiger partial charge in [-0.05, 0) is 56.8 Å². The Morgan fingerprint density at radius 3 is 2.12 bits per heavy atom. The second-order valence-corrected chi connectivity index (χ2v) is 9.00. The molecular weight excluding hydrogens is 416 g/mol. The molecule has 6 nitrogen and oxygen atoms in total. The van der Waals surface area contributed by atoms with Crippen molar-refractivity contribution in [2.45, 2.75) is 90.5 Å². The molecule has 0 aromatic heterocycles. The van der Waals surface area contributed by atoms with Crippen LogP contribution in [0.4, 0.5) is 0 Å². The van der Waals surface area contributed by atoms with Crippen molar-refractivity contribution in [2.24, 2.45) is 11.8 Å². The molecule has 0 fully saturated rings. The van der Waals surface area contributed by atoms with Gasteiger partial charge in [0.2, 0.25) is 11.8 Å². The van der Waals surface area contributed by atoms with Gasteiger partial charge in [-0.3, -0.25) is 19.3 Å². The summed E-state index contributed by atoms with van der Waals surface area (Å²) < 4.78 is 5.41. The molecule has 180 valence electrons. The van der Waals surface area contributed by atoms with Crippen molar-refractivity contribution < 1.29 is 19.1 Å². The van der Waals surface area contributed by atoms with Crippen molar-refractivity contribution in [1.82, 2.24) is 10.2 Å². The van der Waals surface area contributed by atoms with Crippen LogP contribution in [-0.2, 0) is 19.1 Å². The first-order valence-corrected chi connectivity index (χ1v) is 12.3. The van der Waals surface area contributed by atoms with Gasteiger partial charge in [0.1, 0.15) is 5.76 Å². The van der Waals surface area contributed by atoms with Crippen LogP contribution in [0, 0.1) is 35.5 Å². The van der Waals surface area contributed by atoms with Crippen LogP contribution in [0.2, 0.25) is 0 Å².